The van der Waals surface area contributed by atoms with Gasteiger partial charge in [-0.2, -0.15) is 18.3 Å². The van der Waals surface area contributed by atoms with Crippen molar-refractivity contribution in [3.8, 4) is 5.69 Å². The molecule has 0 aliphatic rings. The molecule has 156 valence electrons. The molecule has 0 aliphatic heterocycles. The van der Waals surface area contributed by atoms with Gasteiger partial charge in [0.25, 0.3) is 5.91 Å². The molecule has 2 N–H and O–H groups in total. The first-order valence-electron chi connectivity index (χ1n) is 8.97. The largest absolute Gasteiger partial charge is 0.418 e. The van der Waals surface area contributed by atoms with Crippen LogP contribution in [0.4, 0.5) is 13.2 Å². The van der Waals surface area contributed by atoms with Gasteiger partial charge in [-0.15, -0.1) is 0 Å². The topological polar surface area (TPSA) is 93.1 Å². The molecule has 0 saturated carbocycles. The Morgan fingerprint density at radius 1 is 1.14 bits per heavy atom. The number of alkyl halides is 3. The Kier molecular flexibility index (Phi) is 7.13. The second kappa shape index (κ2) is 9.35. The highest BCUT2D eigenvalue weighted by atomic mass is 19.4. The summed E-state index contributed by atoms with van der Waals surface area (Å²) in [5, 5.41) is 8.88. The van der Waals surface area contributed by atoms with Gasteiger partial charge in [0.05, 0.1) is 11.3 Å². The zero-order valence-corrected chi connectivity index (χ0v) is 16.0. The predicted octanol–water partition coefficient (Wildman–Crippen LogP) is 2.21. The monoisotopic (exact) mass is 410 g/mol. The second-order valence-corrected chi connectivity index (χ2v) is 6.28. The van der Waals surface area contributed by atoms with Gasteiger partial charge in [-0.1, -0.05) is 19.1 Å². The molecule has 0 fully saturated rings. The van der Waals surface area contributed by atoms with Crippen molar-refractivity contribution in [3.63, 3.8) is 0 Å². The van der Waals surface area contributed by atoms with Gasteiger partial charge in [0.15, 0.2) is 5.69 Å². The zero-order valence-electron chi connectivity index (χ0n) is 16.0. The van der Waals surface area contributed by atoms with Crippen LogP contribution in [0.1, 0.15) is 41.5 Å². The third-order valence-electron chi connectivity index (χ3n) is 3.97. The number of para-hydroxylation sites is 1. The van der Waals surface area contributed by atoms with Gasteiger partial charge in [-0.05, 0) is 25.5 Å². The minimum atomic E-state index is -4.64. The van der Waals surface area contributed by atoms with Crippen LogP contribution in [0.2, 0.25) is 0 Å². The molecule has 2 aromatic rings. The molecular formula is C19H21F3N4O3. The van der Waals surface area contributed by atoms with Crippen LogP contribution < -0.4 is 16.1 Å². The maximum absolute atomic E-state index is 13.3. The van der Waals surface area contributed by atoms with Crippen LogP contribution >= 0.6 is 0 Å². The third kappa shape index (κ3) is 5.66. The quantitative estimate of drug-likeness (QED) is 0.732. The van der Waals surface area contributed by atoms with Crippen molar-refractivity contribution in [2.24, 2.45) is 0 Å². The molecule has 1 aromatic carbocycles. The summed E-state index contributed by atoms with van der Waals surface area (Å²) in [6.07, 6.45) is -3.87. The number of carbonyl (C=O) groups excluding carboxylic acids is 2. The Bertz CT molecular complexity index is 954. The number of nitrogens with one attached hydrogen (secondary N) is 2. The molecule has 1 aromatic heterocycles. The summed E-state index contributed by atoms with van der Waals surface area (Å²) >= 11 is 0. The fraction of sp³-hybridized carbons (Fsp3) is 0.368. The van der Waals surface area contributed by atoms with Crippen molar-refractivity contribution in [1.82, 2.24) is 20.4 Å². The maximum Gasteiger partial charge on any atom is 0.418 e. The van der Waals surface area contributed by atoms with Gasteiger partial charge in [-0.3, -0.25) is 14.4 Å². The highest BCUT2D eigenvalue weighted by Gasteiger charge is 2.34. The lowest BCUT2D eigenvalue weighted by atomic mass is 10.1. The Morgan fingerprint density at radius 3 is 2.48 bits per heavy atom. The van der Waals surface area contributed by atoms with E-state index in [4.69, 9.17) is 0 Å². The normalized spacial score (nSPS) is 11.2. The Balaban J connectivity index is 2.28. The Morgan fingerprint density at radius 2 is 1.83 bits per heavy atom. The molecule has 2 rings (SSSR count). The fourth-order valence-electron chi connectivity index (χ4n) is 2.57. The molecule has 0 bridgehead atoms. The fourth-order valence-corrected chi connectivity index (χ4v) is 2.57. The summed E-state index contributed by atoms with van der Waals surface area (Å²) in [6.45, 7) is 3.78. The first kappa shape index (κ1) is 22.1. The van der Waals surface area contributed by atoms with E-state index in [9.17, 15) is 27.6 Å². The molecule has 29 heavy (non-hydrogen) atoms. The molecule has 0 aliphatic carbocycles. The number of amides is 2. The first-order chi connectivity index (χ1) is 13.6. The smallest absolute Gasteiger partial charge is 0.356 e. The number of carbonyl (C=O) groups is 2. The van der Waals surface area contributed by atoms with Crippen molar-refractivity contribution < 1.29 is 22.8 Å². The number of halogens is 3. The molecule has 0 unspecified atom stereocenters. The van der Waals surface area contributed by atoms with Gasteiger partial charge in [-0.25, -0.2) is 4.68 Å². The van der Waals surface area contributed by atoms with E-state index in [-0.39, 0.29) is 30.3 Å². The van der Waals surface area contributed by atoms with E-state index in [1.165, 1.54) is 25.1 Å². The maximum atomic E-state index is 13.3. The molecule has 7 nitrogen and oxygen atoms in total. The van der Waals surface area contributed by atoms with Gasteiger partial charge < -0.3 is 10.6 Å². The number of benzene rings is 1. The summed E-state index contributed by atoms with van der Waals surface area (Å²) in [4.78, 5) is 36.0. The van der Waals surface area contributed by atoms with Gasteiger partial charge in [0, 0.05) is 31.3 Å². The van der Waals surface area contributed by atoms with Gasteiger partial charge in [0.2, 0.25) is 11.3 Å². The number of nitrogens with zero attached hydrogens (tertiary/aromatic N) is 2. The lowest BCUT2D eigenvalue weighted by molar-refractivity contribution is -0.137. The summed E-state index contributed by atoms with van der Waals surface area (Å²) in [6, 6.07) is 5.78. The lowest BCUT2D eigenvalue weighted by Crippen LogP contribution is -2.35. The van der Waals surface area contributed by atoms with Gasteiger partial charge in [0.1, 0.15) is 0 Å². The van der Waals surface area contributed by atoms with Gasteiger partial charge >= 0.3 is 6.18 Å². The predicted molar refractivity (Wildman–Crippen MR) is 99.8 cm³/mol. The molecule has 10 heteroatoms. The number of aromatic nitrogens is 2. The van der Waals surface area contributed by atoms with Crippen LogP contribution in [0.25, 0.3) is 5.69 Å². The minimum absolute atomic E-state index is 0.00268. The summed E-state index contributed by atoms with van der Waals surface area (Å²) in [5.74, 6) is -1.13. The molecule has 0 radical (unpaired) electrons. The Labute approximate surface area is 164 Å². The number of rotatable bonds is 7. The van der Waals surface area contributed by atoms with Crippen molar-refractivity contribution in [2.45, 2.75) is 32.9 Å². The van der Waals surface area contributed by atoms with E-state index >= 15 is 0 Å². The molecule has 0 atom stereocenters. The molecule has 1 heterocycles. The van der Waals surface area contributed by atoms with Crippen LogP contribution in [0.3, 0.4) is 0 Å². The van der Waals surface area contributed by atoms with Crippen LogP contribution in [0, 0.1) is 6.92 Å². The molecule has 0 spiro atoms. The highest BCUT2D eigenvalue weighted by molar-refractivity contribution is 5.92. The summed E-state index contributed by atoms with van der Waals surface area (Å²) in [5.41, 5.74) is -2.39. The van der Waals surface area contributed by atoms with E-state index in [1.54, 1.807) is 0 Å². The van der Waals surface area contributed by atoms with Crippen LogP contribution in [-0.2, 0) is 11.0 Å². The second-order valence-electron chi connectivity index (χ2n) is 6.28. The molecular weight excluding hydrogens is 389 g/mol. The standard InChI is InChI=1S/C19H21F3N4O3/c1-3-9-23-16(28)8-10-24-18(29)17-15(27)11-12(2)26(25-17)14-7-5-4-6-13(14)19(20,21)22/h4-7,11H,3,8-10H2,1-2H3,(H,23,28)(H,24,29). The SMILES string of the molecule is CCCNC(=O)CCNC(=O)c1nn(-c2ccccc2C(F)(F)F)c(C)cc1=O. The Hall–Kier alpha value is -3.17. The van der Waals surface area contributed by atoms with Crippen molar-refractivity contribution in [3.05, 3.63) is 57.5 Å². The summed E-state index contributed by atoms with van der Waals surface area (Å²) < 4.78 is 40.9. The number of aryl methyl sites for hydroxylation is 1. The van der Waals surface area contributed by atoms with Crippen LogP contribution in [0.15, 0.2) is 35.1 Å². The van der Waals surface area contributed by atoms with Crippen LogP contribution in [0.5, 0.6) is 0 Å². The first-order valence-corrected chi connectivity index (χ1v) is 8.97. The van der Waals surface area contributed by atoms with E-state index in [1.807, 2.05) is 6.92 Å². The summed E-state index contributed by atoms with van der Waals surface area (Å²) in [7, 11) is 0. The van der Waals surface area contributed by atoms with Crippen LogP contribution in [-0.4, -0.2) is 34.7 Å². The lowest BCUT2D eigenvalue weighted by Gasteiger charge is -2.16. The van der Waals surface area contributed by atoms with E-state index < -0.39 is 28.8 Å². The molecule has 0 saturated heterocycles. The average molecular weight is 410 g/mol. The highest BCUT2D eigenvalue weighted by Crippen LogP contribution is 2.33. The van der Waals surface area contributed by atoms with Crippen molar-refractivity contribution >= 4 is 11.8 Å². The zero-order chi connectivity index (χ0) is 21.6. The number of hydrogen-bond donors (Lipinski definition) is 2. The van der Waals surface area contributed by atoms with Crippen molar-refractivity contribution in [1.29, 1.82) is 0 Å². The van der Waals surface area contributed by atoms with Crippen molar-refractivity contribution in [2.75, 3.05) is 13.1 Å². The third-order valence-corrected chi connectivity index (χ3v) is 3.97. The minimum Gasteiger partial charge on any atom is -0.356 e. The van der Waals surface area contributed by atoms with E-state index in [0.717, 1.165) is 23.2 Å². The number of hydrogen-bond acceptors (Lipinski definition) is 4. The average Bonchev–Trinajstić information content (AvgIpc) is 2.65. The van der Waals surface area contributed by atoms with E-state index in [2.05, 4.69) is 15.7 Å². The molecule has 2 amide bonds. The van der Waals surface area contributed by atoms with E-state index in [0.29, 0.717) is 6.54 Å².